The predicted molar refractivity (Wildman–Crippen MR) is 143 cm³/mol. The van der Waals surface area contributed by atoms with Crippen molar-refractivity contribution in [3.05, 3.63) is 130 Å². The minimum atomic E-state index is -0.436. The molecule has 0 aromatic heterocycles. The first-order chi connectivity index (χ1) is 17.9. The molecule has 2 N–H and O–H groups in total. The number of carbonyl (C=O) groups is 3. The van der Waals surface area contributed by atoms with E-state index in [1.807, 2.05) is 38.1 Å². The monoisotopic (exact) mass is 491 g/mol. The van der Waals surface area contributed by atoms with Crippen molar-refractivity contribution < 1.29 is 19.1 Å². The number of rotatable bonds is 7. The Hall–Kier alpha value is -5.04. The van der Waals surface area contributed by atoms with Gasteiger partial charge in [-0.05, 0) is 92.2 Å². The molecule has 7 nitrogen and oxygen atoms in total. The van der Waals surface area contributed by atoms with E-state index in [1.54, 1.807) is 72.8 Å². The maximum absolute atomic E-state index is 12.4. The van der Waals surface area contributed by atoms with Crippen LogP contribution in [0.1, 0.15) is 47.8 Å². The SMILES string of the molecule is Cc1ccc(C(=O)Nc2ccc(C(=O)N/N=C\c3ccc(OC(=O)c4ccc(C)cc4)cc3)cc2)cc1. The Kier molecular flexibility index (Phi) is 7.85. The highest BCUT2D eigenvalue weighted by atomic mass is 16.5. The van der Waals surface area contributed by atoms with Crippen LogP contribution in [-0.4, -0.2) is 24.0 Å². The lowest BCUT2D eigenvalue weighted by Crippen LogP contribution is -2.18. The van der Waals surface area contributed by atoms with Gasteiger partial charge in [-0.15, -0.1) is 0 Å². The van der Waals surface area contributed by atoms with Gasteiger partial charge < -0.3 is 10.1 Å². The number of hydrogen-bond acceptors (Lipinski definition) is 5. The fourth-order valence-electron chi connectivity index (χ4n) is 3.32. The highest BCUT2D eigenvalue weighted by molar-refractivity contribution is 6.04. The molecule has 2 amide bonds. The summed E-state index contributed by atoms with van der Waals surface area (Å²) < 4.78 is 5.38. The molecule has 184 valence electrons. The average Bonchev–Trinajstić information content (AvgIpc) is 2.90. The second kappa shape index (κ2) is 11.6. The molecule has 0 unspecified atom stereocenters. The summed E-state index contributed by atoms with van der Waals surface area (Å²) >= 11 is 0. The Bertz CT molecular complexity index is 1420. The Morgan fingerprint density at radius 3 is 1.76 bits per heavy atom. The molecule has 0 radical (unpaired) electrons. The number of benzene rings is 4. The van der Waals surface area contributed by atoms with Gasteiger partial charge >= 0.3 is 5.97 Å². The van der Waals surface area contributed by atoms with E-state index in [0.717, 1.165) is 11.1 Å². The van der Waals surface area contributed by atoms with E-state index in [-0.39, 0.29) is 5.91 Å². The lowest BCUT2D eigenvalue weighted by Gasteiger charge is -2.07. The Morgan fingerprint density at radius 1 is 0.649 bits per heavy atom. The van der Waals surface area contributed by atoms with Gasteiger partial charge in [0.15, 0.2) is 0 Å². The van der Waals surface area contributed by atoms with E-state index in [9.17, 15) is 14.4 Å². The van der Waals surface area contributed by atoms with Crippen LogP contribution in [0.3, 0.4) is 0 Å². The molecule has 4 aromatic rings. The van der Waals surface area contributed by atoms with Crippen LogP contribution in [-0.2, 0) is 0 Å². The second-order valence-electron chi connectivity index (χ2n) is 8.42. The fraction of sp³-hybridized carbons (Fsp3) is 0.0667. The molecule has 37 heavy (non-hydrogen) atoms. The lowest BCUT2D eigenvalue weighted by molar-refractivity contribution is 0.0734. The molecular weight excluding hydrogens is 466 g/mol. The van der Waals surface area contributed by atoms with E-state index >= 15 is 0 Å². The summed E-state index contributed by atoms with van der Waals surface area (Å²) in [6, 6.07) is 27.7. The van der Waals surface area contributed by atoms with Crippen LogP contribution >= 0.6 is 0 Å². The summed E-state index contributed by atoms with van der Waals surface area (Å²) in [4.78, 5) is 36.9. The number of anilines is 1. The molecule has 0 aliphatic heterocycles. The third kappa shape index (κ3) is 6.99. The first-order valence-corrected chi connectivity index (χ1v) is 11.6. The molecule has 0 saturated carbocycles. The van der Waals surface area contributed by atoms with E-state index in [0.29, 0.717) is 33.7 Å². The van der Waals surface area contributed by atoms with Gasteiger partial charge in [0.2, 0.25) is 0 Å². The molecule has 0 aliphatic carbocycles. The van der Waals surface area contributed by atoms with Crippen molar-refractivity contribution in [3.8, 4) is 5.75 Å². The van der Waals surface area contributed by atoms with Crippen LogP contribution in [0.25, 0.3) is 0 Å². The number of hydrazone groups is 1. The first-order valence-electron chi connectivity index (χ1n) is 11.6. The number of ether oxygens (including phenoxy) is 1. The van der Waals surface area contributed by atoms with Crippen molar-refractivity contribution in [1.29, 1.82) is 0 Å². The largest absolute Gasteiger partial charge is 0.423 e. The van der Waals surface area contributed by atoms with Gasteiger partial charge in [0.05, 0.1) is 11.8 Å². The zero-order chi connectivity index (χ0) is 26.2. The van der Waals surface area contributed by atoms with E-state index < -0.39 is 11.9 Å². The Balaban J connectivity index is 1.27. The molecule has 0 heterocycles. The summed E-state index contributed by atoms with van der Waals surface area (Å²) in [7, 11) is 0. The van der Waals surface area contributed by atoms with Crippen LogP contribution in [0.15, 0.2) is 102 Å². The van der Waals surface area contributed by atoms with E-state index in [1.165, 1.54) is 6.21 Å². The minimum absolute atomic E-state index is 0.224. The van der Waals surface area contributed by atoms with E-state index in [4.69, 9.17) is 4.74 Å². The van der Waals surface area contributed by atoms with Crippen molar-refractivity contribution in [2.75, 3.05) is 5.32 Å². The third-order valence-corrected chi connectivity index (χ3v) is 5.48. The second-order valence-corrected chi connectivity index (χ2v) is 8.42. The number of amides is 2. The summed E-state index contributed by atoms with van der Waals surface area (Å²) in [5.41, 5.74) is 7.32. The normalized spacial score (nSPS) is 10.6. The Morgan fingerprint density at radius 2 is 1.16 bits per heavy atom. The van der Waals surface area contributed by atoms with Crippen LogP contribution in [0, 0.1) is 13.8 Å². The smallest absolute Gasteiger partial charge is 0.343 e. The van der Waals surface area contributed by atoms with Crippen molar-refractivity contribution in [2.45, 2.75) is 13.8 Å². The summed E-state index contributed by atoms with van der Waals surface area (Å²) in [5, 5.41) is 6.78. The number of nitrogens with one attached hydrogen (secondary N) is 2. The number of nitrogens with zero attached hydrogens (tertiary/aromatic N) is 1. The number of hydrogen-bond donors (Lipinski definition) is 2. The van der Waals surface area contributed by atoms with Crippen molar-refractivity contribution in [2.24, 2.45) is 5.10 Å². The van der Waals surface area contributed by atoms with Gasteiger partial charge in [-0.25, -0.2) is 10.2 Å². The summed E-state index contributed by atoms with van der Waals surface area (Å²) in [6.07, 6.45) is 1.49. The molecule has 0 aliphatic rings. The quantitative estimate of drug-likeness (QED) is 0.154. The van der Waals surface area contributed by atoms with Crippen molar-refractivity contribution in [1.82, 2.24) is 5.43 Å². The molecule has 0 atom stereocenters. The molecular formula is C30H25N3O4. The van der Waals surface area contributed by atoms with Gasteiger partial charge in [0.25, 0.3) is 11.8 Å². The maximum atomic E-state index is 12.4. The van der Waals surface area contributed by atoms with Gasteiger partial charge in [-0.3, -0.25) is 9.59 Å². The highest BCUT2D eigenvalue weighted by Crippen LogP contribution is 2.15. The number of carbonyl (C=O) groups excluding carboxylic acids is 3. The first kappa shape index (κ1) is 25.1. The maximum Gasteiger partial charge on any atom is 0.343 e. The van der Waals surface area contributed by atoms with Crippen LogP contribution < -0.4 is 15.5 Å². The van der Waals surface area contributed by atoms with Gasteiger partial charge in [0.1, 0.15) is 5.75 Å². The van der Waals surface area contributed by atoms with Crippen LogP contribution in [0.4, 0.5) is 5.69 Å². The predicted octanol–water partition coefficient (Wildman–Crippen LogP) is 5.54. The number of aryl methyl sites for hydroxylation is 2. The summed E-state index contributed by atoms with van der Waals surface area (Å²) in [5.74, 6) is -0.648. The van der Waals surface area contributed by atoms with Crippen LogP contribution in [0.5, 0.6) is 5.75 Å². The van der Waals surface area contributed by atoms with Gasteiger partial charge in [0, 0.05) is 16.8 Å². The Labute approximate surface area is 214 Å². The van der Waals surface area contributed by atoms with Gasteiger partial charge in [-0.2, -0.15) is 5.10 Å². The lowest BCUT2D eigenvalue weighted by atomic mass is 10.1. The topological polar surface area (TPSA) is 96.9 Å². The zero-order valence-electron chi connectivity index (χ0n) is 20.4. The minimum Gasteiger partial charge on any atom is -0.423 e. The van der Waals surface area contributed by atoms with Gasteiger partial charge in [-0.1, -0.05) is 35.4 Å². The molecule has 4 aromatic carbocycles. The third-order valence-electron chi connectivity index (χ3n) is 5.48. The number of esters is 1. The van der Waals surface area contributed by atoms with Crippen LogP contribution in [0.2, 0.25) is 0 Å². The highest BCUT2D eigenvalue weighted by Gasteiger charge is 2.09. The van der Waals surface area contributed by atoms with E-state index in [2.05, 4.69) is 15.8 Å². The van der Waals surface area contributed by atoms with Crippen molar-refractivity contribution >= 4 is 29.7 Å². The fourth-order valence-corrected chi connectivity index (χ4v) is 3.32. The zero-order valence-corrected chi connectivity index (χ0v) is 20.4. The average molecular weight is 492 g/mol. The standard InChI is InChI=1S/C30H25N3O4/c1-20-3-9-23(10-4-20)28(34)32-26-15-13-24(14-16-26)29(35)33-31-19-22-7-17-27(18-8-22)37-30(36)25-11-5-21(2)6-12-25/h3-19H,1-2H3,(H,32,34)(H,33,35)/b31-19-. The molecule has 0 spiro atoms. The molecule has 0 fully saturated rings. The molecule has 0 saturated heterocycles. The van der Waals surface area contributed by atoms with Crippen molar-refractivity contribution in [3.63, 3.8) is 0 Å². The molecule has 7 heteroatoms. The molecule has 0 bridgehead atoms. The molecule has 4 rings (SSSR count). The summed E-state index contributed by atoms with van der Waals surface area (Å²) in [6.45, 7) is 3.90.